The van der Waals surface area contributed by atoms with Crippen LogP contribution in [0.3, 0.4) is 0 Å². The molecule has 1 aromatic rings. The Kier molecular flexibility index (Phi) is 9.78. The van der Waals surface area contributed by atoms with Crippen molar-refractivity contribution in [2.45, 2.75) is 25.5 Å². The highest BCUT2D eigenvalue weighted by atomic mass is 127. The molecule has 1 unspecified atom stereocenters. The number of benzene rings is 1. The van der Waals surface area contributed by atoms with Gasteiger partial charge in [-0.15, -0.1) is 24.0 Å². The molecule has 0 radical (unpaired) electrons. The van der Waals surface area contributed by atoms with Gasteiger partial charge in [0.05, 0.1) is 19.2 Å². The van der Waals surface area contributed by atoms with Crippen molar-refractivity contribution in [3.63, 3.8) is 0 Å². The van der Waals surface area contributed by atoms with E-state index >= 15 is 0 Å². The number of carbonyl (C=O) groups is 1. The van der Waals surface area contributed by atoms with Crippen LogP contribution in [0, 0.1) is 11.6 Å². The number of amides is 1. The molecule has 0 spiro atoms. The van der Waals surface area contributed by atoms with Crippen LogP contribution in [-0.2, 0) is 16.1 Å². The molecule has 1 amide bonds. The number of likely N-dealkylation sites (N-methyl/N-ethyl adjacent to an activating group) is 1. The zero-order valence-corrected chi connectivity index (χ0v) is 17.3. The summed E-state index contributed by atoms with van der Waals surface area (Å²) in [5, 5.41) is 5.99. The molecular weight excluding hydrogens is 457 g/mol. The zero-order valence-electron chi connectivity index (χ0n) is 14.9. The van der Waals surface area contributed by atoms with Gasteiger partial charge in [0.2, 0.25) is 5.91 Å². The zero-order chi connectivity index (χ0) is 18.2. The van der Waals surface area contributed by atoms with Crippen LogP contribution in [-0.4, -0.2) is 56.7 Å². The fourth-order valence-corrected chi connectivity index (χ4v) is 2.34. The summed E-state index contributed by atoms with van der Waals surface area (Å²) in [7, 11) is 3.31. The van der Waals surface area contributed by atoms with Crippen molar-refractivity contribution in [3.8, 4) is 0 Å². The van der Waals surface area contributed by atoms with Gasteiger partial charge in [-0.2, -0.15) is 0 Å². The Labute approximate surface area is 169 Å². The SMILES string of the molecule is CN(C)C(=O)CNC(=NCc1cc(F)ccc1F)NCC1CCCO1.I. The standard InChI is InChI=1S/C17H24F2N4O2.HI/c1-23(2)16(24)11-22-17(21-10-14-4-3-7-25-14)20-9-12-8-13(18)5-6-15(12)19;/h5-6,8,14H,3-4,7,9-11H2,1-2H3,(H2,20,21,22);1H. The summed E-state index contributed by atoms with van der Waals surface area (Å²) in [6.45, 7) is 1.28. The molecule has 0 bridgehead atoms. The van der Waals surface area contributed by atoms with Crippen LogP contribution >= 0.6 is 24.0 Å². The van der Waals surface area contributed by atoms with Gasteiger partial charge in [0, 0.05) is 32.8 Å². The third kappa shape index (κ3) is 7.40. The molecule has 2 rings (SSSR count). The van der Waals surface area contributed by atoms with Crippen LogP contribution in [0.5, 0.6) is 0 Å². The first-order valence-corrected chi connectivity index (χ1v) is 8.23. The number of aliphatic imine (C=N–C) groups is 1. The van der Waals surface area contributed by atoms with Crippen molar-refractivity contribution >= 4 is 35.8 Å². The maximum absolute atomic E-state index is 13.7. The number of hydrogen-bond acceptors (Lipinski definition) is 3. The average molecular weight is 482 g/mol. The fourth-order valence-electron chi connectivity index (χ4n) is 2.34. The van der Waals surface area contributed by atoms with Crippen molar-refractivity contribution in [2.24, 2.45) is 4.99 Å². The van der Waals surface area contributed by atoms with Gasteiger partial charge in [-0.1, -0.05) is 0 Å². The van der Waals surface area contributed by atoms with E-state index in [4.69, 9.17) is 4.74 Å². The Morgan fingerprint density at radius 2 is 2.12 bits per heavy atom. The lowest BCUT2D eigenvalue weighted by molar-refractivity contribution is -0.127. The van der Waals surface area contributed by atoms with E-state index in [1.165, 1.54) is 4.90 Å². The van der Waals surface area contributed by atoms with E-state index in [9.17, 15) is 13.6 Å². The Balaban J connectivity index is 0.00000338. The van der Waals surface area contributed by atoms with Crippen molar-refractivity contribution in [1.29, 1.82) is 0 Å². The minimum absolute atomic E-state index is 0. The third-order valence-electron chi connectivity index (χ3n) is 3.84. The Morgan fingerprint density at radius 3 is 2.77 bits per heavy atom. The lowest BCUT2D eigenvalue weighted by Gasteiger charge is -2.17. The predicted molar refractivity (Wildman–Crippen MR) is 107 cm³/mol. The summed E-state index contributed by atoms with van der Waals surface area (Å²) in [5.41, 5.74) is 0.150. The van der Waals surface area contributed by atoms with E-state index < -0.39 is 11.6 Å². The predicted octanol–water partition coefficient (Wildman–Crippen LogP) is 1.89. The number of ether oxygens (including phenoxy) is 1. The highest BCUT2D eigenvalue weighted by molar-refractivity contribution is 14.0. The molecule has 9 heteroatoms. The van der Waals surface area contributed by atoms with Crippen molar-refractivity contribution in [3.05, 3.63) is 35.4 Å². The molecule has 1 atom stereocenters. The number of carbonyl (C=O) groups excluding carboxylic acids is 1. The molecule has 1 fully saturated rings. The first-order valence-electron chi connectivity index (χ1n) is 8.23. The maximum atomic E-state index is 13.7. The first-order chi connectivity index (χ1) is 12.0. The summed E-state index contributed by atoms with van der Waals surface area (Å²) in [5.74, 6) is -0.804. The summed E-state index contributed by atoms with van der Waals surface area (Å²) in [6.07, 6.45) is 2.05. The summed E-state index contributed by atoms with van der Waals surface area (Å²) in [6, 6.07) is 3.25. The molecule has 1 aliphatic rings. The number of hydrogen-bond donors (Lipinski definition) is 2. The first kappa shape index (κ1) is 22.6. The third-order valence-corrected chi connectivity index (χ3v) is 3.84. The fraction of sp³-hybridized carbons (Fsp3) is 0.529. The number of nitrogens with one attached hydrogen (secondary N) is 2. The van der Waals surface area contributed by atoms with Crippen molar-refractivity contribution in [2.75, 3.05) is 33.8 Å². The Bertz CT molecular complexity index is 623. The van der Waals surface area contributed by atoms with Gasteiger partial charge in [-0.05, 0) is 31.0 Å². The van der Waals surface area contributed by atoms with Crippen LogP contribution in [0.15, 0.2) is 23.2 Å². The van der Waals surface area contributed by atoms with E-state index in [0.29, 0.717) is 12.5 Å². The normalized spacial score (nSPS) is 16.8. The summed E-state index contributed by atoms with van der Waals surface area (Å²) in [4.78, 5) is 17.4. The largest absolute Gasteiger partial charge is 0.376 e. The van der Waals surface area contributed by atoms with Gasteiger partial charge >= 0.3 is 0 Å². The second-order valence-corrected chi connectivity index (χ2v) is 6.06. The van der Waals surface area contributed by atoms with Gasteiger partial charge in [0.1, 0.15) is 11.6 Å². The molecule has 2 N–H and O–H groups in total. The molecule has 146 valence electrons. The minimum Gasteiger partial charge on any atom is -0.376 e. The second kappa shape index (κ2) is 11.3. The number of guanidine groups is 1. The van der Waals surface area contributed by atoms with Gasteiger partial charge in [-0.3, -0.25) is 4.79 Å². The van der Waals surface area contributed by atoms with Gasteiger partial charge < -0.3 is 20.3 Å². The highest BCUT2D eigenvalue weighted by Crippen LogP contribution is 2.12. The Morgan fingerprint density at radius 1 is 1.35 bits per heavy atom. The smallest absolute Gasteiger partial charge is 0.241 e. The van der Waals surface area contributed by atoms with E-state index in [-0.39, 0.29) is 54.6 Å². The van der Waals surface area contributed by atoms with Gasteiger partial charge in [0.15, 0.2) is 5.96 Å². The van der Waals surface area contributed by atoms with Gasteiger partial charge in [-0.25, -0.2) is 13.8 Å². The average Bonchev–Trinajstić information content (AvgIpc) is 3.10. The van der Waals surface area contributed by atoms with Crippen LogP contribution in [0.4, 0.5) is 8.78 Å². The molecule has 26 heavy (non-hydrogen) atoms. The molecule has 1 aliphatic heterocycles. The highest BCUT2D eigenvalue weighted by Gasteiger charge is 2.16. The summed E-state index contributed by atoms with van der Waals surface area (Å²) >= 11 is 0. The topological polar surface area (TPSA) is 66.0 Å². The Hall–Kier alpha value is -1.49. The molecule has 1 saturated heterocycles. The van der Waals surface area contributed by atoms with E-state index in [1.54, 1.807) is 14.1 Å². The van der Waals surface area contributed by atoms with E-state index in [0.717, 1.165) is 37.6 Å². The van der Waals surface area contributed by atoms with Crippen LogP contribution in [0.2, 0.25) is 0 Å². The second-order valence-electron chi connectivity index (χ2n) is 6.06. The molecular formula is C17H25F2IN4O2. The molecule has 0 saturated carbocycles. The van der Waals surface area contributed by atoms with Crippen LogP contribution in [0.25, 0.3) is 0 Å². The monoisotopic (exact) mass is 482 g/mol. The molecule has 0 aliphatic carbocycles. The number of rotatable bonds is 6. The lowest BCUT2D eigenvalue weighted by Crippen LogP contribution is -2.45. The summed E-state index contributed by atoms with van der Waals surface area (Å²) < 4.78 is 32.5. The molecule has 1 aromatic carbocycles. The molecule has 6 nitrogen and oxygen atoms in total. The quantitative estimate of drug-likeness (QED) is 0.370. The molecule has 1 heterocycles. The van der Waals surface area contributed by atoms with Gasteiger partial charge in [0.25, 0.3) is 0 Å². The minimum atomic E-state index is -0.520. The number of nitrogens with zero attached hydrogens (tertiary/aromatic N) is 2. The van der Waals surface area contributed by atoms with Crippen LogP contribution in [0.1, 0.15) is 18.4 Å². The van der Waals surface area contributed by atoms with Crippen molar-refractivity contribution in [1.82, 2.24) is 15.5 Å². The van der Waals surface area contributed by atoms with E-state index in [1.807, 2.05) is 0 Å². The lowest BCUT2D eigenvalue weighted by atomic mass is 10.2. The van der Waals surface area contributed by atoms with E-state index in [2.05, 4.69) is 15.6 Å². The van der Waals surface area contributed by atoms with Crippen LogP contribution < -0.4 is 10.6 Å². The number of halogens is 3. The molecule has 0 aromatic heterocycles. The van der Waals surface area contributed by atoms with Crippen molar-refractivity contribution < 1.29 is 18.3 Å². The maximum Gasteiger partial charge on any atom is 0.241 e.